The predicted octanol–water partition coefficient (Wildman–Crippen LogP) is 1.08. The molecule has 0 aliphatic carbocycles. The van der Waals surface area contributed by atoms with E-state index < -0.39 is 6.04 Å². The Hall–Kier alpha value is -1.77. The highest BCUT2D eigenvalue weighted by molar-refractivity contribution is 5.88. The topological polar surface area (TPSA) is 76.4 Å². The van der Waals surface area contributed by atoms with E-state index in [1.54, 1.807) is 9.80 Å². The van der Waals surface area contributed by atoms with E-state index in [9.17, 15) is 9.59 Å². The van der Waals surface area contributed by atoms with Crippen molar-refractivity contribution in [3.8, 4) is 6.07 Å². The Labute approximate surface area is 119 Å². The number of nitriles is 1. The second kappa shape index (κ2) is 6.12. The summed E-state index contributed by atoms with van der Waals surface area (Å²) in [6.07, 6.45) is 3.15. The van der Waals surface area contributed by atoms with Gasteiger partial charge in [0.2, 0.25) is 5.91 Å². The molecule has 0 aromatic rings. The summed E-state index contributed by atoms with van der Waals surface area (Å²) in [5, 5.41) is 11.9. The predicted molar refractivity (Wildman–Crippen MR) is 73.7 cm³/mol. The zero-order chi connectivity index (χ0) is 14.7. The van der Waals surface area contributed by atoms with Gasteiger partial charge in [0.15, 0.2) is 0 Å². The molecule has 2 saturated heterocycles. The summed E-state index contributed by atoms with van der Waals surface area (Å²) in [4.78, 5) is 28.0. The summed E-state index contributed by atoms with van der Waals surface area (Å²) in [5.74, 6) is -0.0644. The van der Waals surface area contributed by atoms with Gasteiger partial charge in [-0.15, -0.1) is 0 Å². The van der Waals surface area contributed by atoms with Crippen LogP contribution in [0.25, 0.3) is 0 Å². The number of carbonyl (C=O) groups is 2. The monoisotopic (exact) mass is 278 g/mol. The molecule has 0 aromatic heterocycles. The smallest absolute Gasteiger partial charge is 0.318 e. The SMILES string of the molecule is CC(C)NC(=O)N1CCC[C@@H]1C(=O)N1CCC[C@H]1C#N. The summed E-state index contributed by atoms with van der Waals surface area (Å²) in [6, 6.07) is 1.34. The molecule has 2 fully saturated rings. The lowest BCUT2D eigenvalue weighted by atomic mass is 10.1. The third-order valence-electron chi connectivity index (χ3n) is 3.90. The Morgan fingerprint density at radius 3 is 2.50 bits per heavy atom. The molecule has 2 rings (SSSR count). The highest BCUT2D eigenvalue weighted by Gasteiger charge is 2.40. The van der Waals surface area contributed by atoms with E-state index in [4.69, 9.17) is 5.26 Å². The van der Waals surface area contributed by atoms with Gasteiger partial charge < -0.3 is 15.1 Å². The van der Waals surface area contributed by atoms with Crippen LogP contribution in [0.1, 0.15) is 39.5 Å². The van der Waals surface area contributed by atoms with Gasteiger partial charge in [0.25, 0.3) is 0 Å². The zero-order valence-corrected chi connectivity index (χ0v) is 12.1. The van der Waals surface area contributed by atoms with Crippen LogP contribution in [0.15, 0.2) is 0 Å². The van der Waals surface area contributed by atoms with Gasteiger partial charge in [-0.2, -0.15) is 5.26 Å². The van der Waals surface area contributed by atoms with Crippen LogP contribution in [0.4, 0.5) is 4.79 Å². The molecule has 0 spiro atoms. The van der Waals surface area contributed by atoms with Crippen LogP contribution in [0.5, 0.6) is 0 Å². The fourth-order valence-corrected chi connectivity index (χ4v) is 2.95. The quantitative estimate of drug-likeness (QED) is 0.821. The number of amides is 3. The largest absolute Gasteiger partial charge is 0.336 e. The molecule has 0 unspecified atom stereocenters. The van der Waals surface area contributed by atoms with E-state index in [0.717, 1.165) is 19.3 Å². The lowest BCUT2D eigenvalue weighted by molar-refractivity contribution is -0.135. The number of carbonyl (C=O) groups excluding carboxylic acids is 2. The molecule has 0 radical (unpaired) electrons. The standard InChI is InChI=1S/C14H22N4O2/c1-10(2)16-14(20)18-8-4-6-12(18)13(19)17-7-3-5-11(17)9-15/h10-12H,3-8H2,1-2H3,(H,16,20)/t11-,12+/m0/s1. The molecule has 0 bridgehead atoms. The van der Waals surface area contributed by atoms with Gasteiger partial charge in [0.1, 0.15) is 12.1 Å². The van der Waals surface area contributed by atoms with E-state index in [1.165, 1.54) is 0 Å². The number of likely N-dealkylation sites (tertiary alicyclic amines) is 2. The van der Waals surface area contributed by atoms with Gasteiger partial charge >= 0.3 is 6.03 Å². The number of nitrogens with one attached hydrogen (secondary N) is 1. The summed E-state index contributed by atoms with van der Waals surface area (Å²) in [6.45, 7) is 5.04. The fourth-order valence-electron chi connectivity index (χ4n) is 2.95. The molecule has 0 saturated carbocycles. The Kier molecular flexibility index (Phi) is 4.48. The molecule has 20 heavy (non-hydrogen) atoms. The lowest BCUT2D eigenvalue weighted by Gasteiger charge is -2.29. The number of hydrogen-bond acceptors (Lipinski definition) is 3. The Bertz CT molecular complexity index is 429. The molecule has 1 N–H and O–H groups in total. The molecular formula is C14H22N4O2. The first-order valence-corrected chi connectivity index (χ1v) is 7.32. The lowest BCUT2D eigenvalue weighted by Crippen LogP contribution is -2.52. The van der Waals surface area contributed by atoms with Crippen molar-refractivity contribution in [3.63, 3.8) is 0 Å². The van der Waals surface area contributed by atoms with Crippen LogP contribution in [0.3, 0.4) is 0 Å². The summed E-state index contributed by atoms with van der Waals surface area (Å²) in [7, 11) is 0. The van der Waals surface area contributed by atoms with Crippen molar-refractivity contribution >= 4 is 11.9 Å². The maximum Gasteiger partial charge on any atom is 0.318 e. The van der Waals surface area contributed by atoms with Gasteiger partial charge in [0.05, 0.1) is 6.07 Å². The van der Waals surface area contributed by atoms with Crippen LogP contribution in [0, 0.1) is 11.3 Å². The molecule has 2 atom stereocenters. The highest BCUT2D eigenvalue weighted by Crippen LogP contribution is 2.24. The van der Waals surface area contributed by atoms with Gasteiger partial charge in [-0.3, -0.25) is 4.79 Å². The van der Waals surface area contributed by atoms with Crippen molar-refractivity contribution in [1.82, 2.24) is 15.1 Å². The van der Waals surface area contributed by atoms with Gasteiger partial charge in [-0.25, -0.2) is 4.79 Å². The molecule has 6 heteroatoms. The minimum Gasteiger partial charge on any atom is -0.336 e. The maximum atomic E-state index is 12.6. The normalized spacial score (nSPS) is 25.9. The molecule has 110 valence electrons. The van der Waals surface area contributed by atoms with Crippen LogP contribution in [0.2, 0.25) is 0 Å². The van der Waals surface area contributed by atoms with Gasteiger partial charge in [-0.05, 0) is 39.5 Å². The van der Waals surface area contributed by atoms with Crippen LogP contribution in [-0.2, 0) is 4.79 Å². The number of rotatable bonds is 2. The van der Waals surface area contributed by atoms with Crippen LogP contribution < -0.4 is 5.32 Å². The first-order chi connectivity index (χ1) is 9.54. The molecule has 6 nitrogen and oxygen atoms in total. The van der Waals surface area contributed by atoms with Crippen molar-refractivity contribution in [2.75, 3.05) is 13.1 Å². The average Bonchev–Trinajstić information content (AvgIpc) is 3.05. The second-order valence-electron chi connectivity index (χ2n) is 5.77. The minimum atomic E-state index is -0.400. The Morgan fingerprint density at radius 1 is 1.20 bits per heavy atom. The Morgan fingerprint density at radius 2 is 1.85 bits per heavy atom. The maximum absolute atomic E-state index is 12.6. The number of nitrogens with zero attached hydrogens (tertiary/aromatic N) is 3. The molecule has 2 aliphatic rings. The van der Waals surface area contributed by atoms with E-state index in [-0.39, 0.29) is 24.0 Å². The van der Waals surface area contributed by atoms with Crippen molar-refractivity contribution in [3.05, 3.63) is 0 Å². The Balaban J connectivity index is 2.05. The first-order valence-electron chi connectivity index (χ1n) is 7.32. The molecule has 2 aliphatic heterocycles. The van der Waals surface area contributed by atoms with Crippen LogP contribution >= 0.6 is 0 Å². The minimum absolute atomic E-state index is 0.0532. The van der Waals surface area contributed by atoms with E-state index in [2.05, 4.69) is 11.4 Å². The molecule has 0 aromatic carbocycles. The molecular weight excluding hydrogens is 256 g/mol. The fraction of sp³-hybridized carbons (Fsp3) is 0.786. The van der Waals surface area contributed by atoms with Gasteiger partial charge in [0, 0.05) is 19.1 Å². The zero-order valence-electron chi connectivity index (χ0n) is 12.1. The van der Waals surface area contributed by atoms with E-state index >= 15 is 0 Å². The van der Waals surface area contributed by atoms with Crippen LogP contribution in [-0.4, -0.2) is 53.0 Å². The van der Waals surface area contributed by atoms with Crippen molar-refractivity contribution in [2.45, 2.75) is 57.7 Å². The highest BCUT2D eigenvalue weighted by atomic mass is 16.2. The van der Waals surface area contributed by atoms with E-state index in [0.29, 0.717) is 19.5 Å². The molecule has 2 heterocycles. The average molecular weight is 278 g/mol. The van der Waals surface area contributed by atoms with Gasteiger partial charge in [-0.1, -0.05) is 0 Å². The molecule has 3 amide bonds. The first kappa shape index (κ1) is 14.6. The second-order valence-corrected chi connectivity index (χ2v) is 5.77. The third-order valence-corrected chi connectivity index (χ3v) is 3.90. The van der Waals surface area contributed by atoms with Crippen molar-refractivity contribution in [1.29, 1.82) is 5.26 Å². The summed E-state index contributed by atoms with van der Waals surface area (Å²) < 4.78 is 0. The summed E-state index contributed by atoms with van der Waals surface area (Å²) in [5.41, 5.74) is 0. The number of urea groups is 1. The van der Waals surface area contributed by atoms with Crippen molar-refractivity contribution < 1.29 is 9.59 Å². The van der Waals surface area contributed by atoms with E-state index in [1.807, 2.05) is 13.8 Å². The van der Waals surface area contributed by atoms with Crippen molar-refractivity contribution in [2.24, 2.45) is 0 Å². The summed E-state index contributed by atoms with van der Waals surface area (Å²) >= 11 is 0. The number of hydrogen-bond donors (Lipinski definition) is 1. The third kappa shape index (κ3) is 2.87.